The number of pyridine rings is 2. The van der Waals surface area contributed by atoms with E-state index < -0.39 is 11.9 Å². The molecule has 0 unspecified atom stereocenters. The molecule has 0 aliphatic carbocycles. The standard InChI is InChI=1S/C15H11N3O4/c1-22-15(21)10-5-3-7-18-12(10)11(14(19)20)17-13(18)9-4-2-6-16-8-9/h2-8H,1H3,(H,19,20). The summed E-state index contributed by atoms with van der Waals surface area (Å²) in [6, 6.07) is 6.62. The number of aromatic carboxylic acids is 1. The van der Waals surface area contributed by atoms with Gasteiger partial charge in [0.15, 0.2) is 5.69 Å². The first-order chi connectivity index (χ1) is 10.6. The zero-order valence-corrected chi connectivity index (χ0v) is 11.6. The van der Waals surface area contributed by atoms with Crippen LogP contribution in [-0.2, 0) is 4.74 Å². The van der Waals surface area contributed by atoms with Crippen LogP contribution >= 0.6 is 0 Å². The Kier molecular flexibility index (Phi) is 3.30. The van der Waals surface area contributed by atoms with E-state index in [9.17, 15) is 14.7 Å². The average molecular weight is 297 g/mol. The van der Waals surface area contributed by atoms with E-state index in [2.05, 4.69) is 9.97 Å². The Morgan fingerprint density at radius 1 is 1.27 bits per heavy atom. The second-order valence-electron chi connectivity index (χ2n) is 4.46. The molecule has 0 saturated carbocycles. The minimum Gasteiger partial charge on any atom is -0.476 e. The van der Waals surface area contributed by atoms with Crippen LogP contribution < -0.4 is 0 Å². The summed E-state index contributed by atoms with van der Waals surface area (Å²) in [5.41, 5.74) is 0.776. The van der Waals surface area contributed by atoms with Crippen LogP contribution in [0.2, 0.25) is 0 Å². The van der Waals surface area contributed by atoms with Crippen molar-refractivity contribution in [2.24, 2.45) is 0 Å². The monoisotopic (exact) mass is 297 g/mol. The molecule has 110 valence electrons. The van der Waals surface area contributed by atoms with Crippen LogP contribution in [0.3, 0.4) is 0 Å². The molecule has 0 saturated heterocycles. The summed E-state index contributed by atoms with van der Waals surface area (Å²) in [4.78, 5) is 31.5. The first-order valence-electron chi connectivity index (χ1n) is 6.36. The van der Waals surface area contributed by atoms with Gasteiger partial charge in [-0.05, 0) is 24.3 Å². The number of nitrogens with zero attached hydrogens (tertiary/aromatic N) is 3. The Bertz CT molecular complexity index is 871. The molecule has 3 heterocycles. The molecule has 0 fully saturated rings. The molecular weight excluding hydrogens is 286 g/mol. The SMILES string of the molecule is COC(=O)c1cccn2c(-c3cccnc3)nc(C(=O)O)c12. The molecule has 0 radical (unpaired) electrons. The molecule has 3 rings (SSSR count). The number of hydrogen-bond acceptors (Lipinski definition) is 5. The molecule has 1 N–H and O–H groups in total. The van der Waals surface area contributed by atoms with Gasteiger partial charge in [0, 0.05) is 24.2 Å². The maximum atomic E-state index is 11.9. The van der Waals surface area contributed by atoms with Crippen molar-refractivity contribution in [3.05, 3.63) is 54.1 Å². The number of imidazole rings is 1. The van der Waals surface area contributed by atoms with Crippen molar-refractivity contribution in [2.75, 3.05) is 7.11 Å². The molecule has 7 heteroatoms. The van der Waals surface area contributed by atoms with Crippen molar-refractivity contribution in [1.82, 2.24) is 14.4 Å². The van der Waals surface area contributed by atoms with Gasteiger partial charge in [0.2, 0.25) is 0 Å². The lowest BCUT2D eigenvalue weighted by molar-refractivity contribution is 0.0602. The highest BCUT2D eigenvalue weighted by molar-refractivity contribution is 6.05. The number of aromatic nitrogens is 3. The summed E-state index contributed by atoms with van der Waals surface area (Å²) in [6.07, 6.45) is 4.83. The number of carbonyl (C=O) groups is 2. The van der Waals surface area contributed by atoms with Crippen LogP contribution in [0, 0.1) is 0 Å². The number of rotatable bonds is 3. The Morgan fingerprint density at radius 3 is 2.73 bits per heavy atom. The molecule has 22 heavy (non-hydrogen) atoms. The van der Waals surface area contributed by atoms with Gasteiger partial charge in [-0.15, -0.1) is 0 Å². The van der Waals surface area contributed by atoms with E-state index in [1.54, 1.807) is 41.2 Å². The van der Waals surface area contributed by atoms with Crippen molar-refractivity contribution in [3.8, 4) is 11.4 Å². The van der Waals surface area contributed by atoms with Gasteiger partial charge < -0.3 is 9.84 Å². The van der Waals surface area contributed by atoms with Crippen LogP contribution in [0.1, 0.15) is 20.8 Å². The van der Waals surface area contributed by atoms with E-state index >= 15 is 0 Å². The van der Waals surface area contributed by atoms with E-state index in [-0.39, 0.29) is 16.8 Å². The molecule has 3 aromatic heterocycles. The fraction of sp³-hybridized carbons (Fsp3) is 0.0667. The number of fused-ring (bicyclic) bond motifs is 1. The normalized spacial score (nSPS) is 10.6. The predicted octanol–water partition coefficient (Wildman–Crippen LogP) is 1.88. The lowest BCUT2D eigenvalue weighted by atomic mass is 10.2. The number of methoxy groups -OCH3 is 1. The summed E-state index contributed by atoms with van der Waals surface area (Å²) < 4.78 is 6.26. The molecular formula is C15H11N3O4. The number of carbonyl (C=O) groups excluding carboxylic acids is 1. The van der Waals surface area contributed by atoms with Crippen molar-refractivity contribution >= 4 is 17.5 Å². The van der Waals surface area contributed by atoms with E-state index in [0.29, 0.717) is 11.4 Å². The van der Waals surface area contributed by atoms with Gasteiger partial charge in [-0.3, -0.25) is 9.38 Å². The van der Waals surface area contributed by atoms with Crippen molar-refractivity contribution in [3.63, 3.8) is 0 Å². The van der Waals surface area contributed by atoms with Crippen molar-refractivity contribution in [2.45, 2.75) is 0 Å². The zero-order valence-electron chi connectivity index (χ0n) is 11.6. The van der Waals surface area contributed by atoms with E-state index in [4.69, 9.17) is 4.74 Å². The molecule has 0 aliphatic rings. The molecule has 0 bridgehead atoms. The fourth-order valence-corrected chi connectivity index (χ4v) is 2.26. The Balaban J connectivity index is 2.38. The molecule has 0 atom stereocenters. The number of ether oxygens (including phenoxy) is 1. The summed E-state index contributed by atoms with van der Waals surface area (Å²) in [5, 5.41) is 9.38. The lowest BCUT2D eigenvalue weighted by Gasteiger charge is -2.04. The highest BCUT2D eigenvalue weighted by Gasteiger charge is 2.23. The minimum absolute atomic E-state index is 0.144. The zero-order chi connectivity index (χ0) is 15.7. The van der Waals surface area contributed by atoms with Gasteiger partial charge in [0.05, 0.1) is 18.2 Å². The summed E-state index contributed by atoms with van der Waals surface area (Å²) in [5.74, 6) is -1.44. The maximum Gasteiger partial charge on any atom is 0.356 e. The van der Waals surface area contributed by atoms with Gasteiger partial charge in [0.1, 0.15) is 5.82 Å². The van der Waals surface area contributed by atoms with Crippen LogP contribution in [0.15, 0.2) is 42.9 Å². The maximum absolute atomic E-state index is 11.9. The summed E-state index contributed by atoms with van der Waals surface area (Å²) in [6.45, 7) is 0. The summed E-state index contributed by atoms with van der Waals surface area (Å²) >= 11 is 0. The molecule has 0 spiro atoms. The minimum atomic E-state index is -1.22. The molecule has 0 amide bonds. The Labute approximate surface area is 124 Å². The van der Waals surface area contributed by atoms with Crippen LogP contribution in [-0.4, -0.2) is 38.5 Å². The quantitative estimate of drug-likeness (QED) is 0.742. The number of hydrogen-bond donors (Lipinski definition) is 1. The largest absolute Gasteiger partial charge is 0.476 e. The second-order valence-corrected chi connectivity index (χ2v) is 4.46. The average Bonchev–Trinajstić information content (AvgIpc) is 2.95. The van der Waals surface area contributed by atoms with Gasteiger partial charge in [-0.2, -0.15) is 0 Å². The van der Waals surface area contributed by atoms with E-state index in [1.165, 1.54) is 13.2 Å². The van der Waals surface area contributed by atoms with Crippen LogP contribution in [0.4, 0.5) is 0 Å². The van der Waals surface area contributed by atoms with Crippen molar-refractivity contribution in [1.29, 1.82) is 0 Å². The number of carboxylic acids is 1. The third kappa shape index (κ3) is 2.08. The smallest absolute Gasteiger partial charge is 0.356 e. The second kappa shape index (κ2) is 5.28. The molecule has 7 nitrogen and oxygen atoms in total. The van der Waals surface area contributed by atoms with Crippen LogP contribution in [0.5, 0.6) is 0 Å². The molecule has 0 aliphatic heterocycles. The molecule has 3 aromatic rings. The number of carboxylic acid groups (broad SMARTS) is 1. The fourth-order valence-electron chi connectivity index (χ4n) is 2.26. The van der Waals surface area contributed by atoms with Crippen molar-refractivity contribution < 1.29 is 19.4 Å². The third-order valence-corrected chi connectivity index (χ3v) is 3.19. The van der Waals surface area contributed by atoms with E-state index in [0.717, 1.165) is 0 Å². The Hall–Kier alpha value is -3.22. The predicted molar refractivity (Wildman–Crippen MR) is 76.7 cm³/mol. The first kappa shape index (κ1) is 13.7. The van der Waals surface area contributed by atoms with Gasteiger partial charge >= 0.3 is 11.9 Å². The van der Waals surface area contributed by atoms with Gasteiger partial charge in [-0.1, -0.05) is 0 Å². The highest BCUT2D eigenvalue weighted by atomic mass is 16.5. The van der Waals surface area contributed by atoms with Gasteiger partial charge in [0.25, 0.3) is 0 Å². The van der Waals surface area contributed by atoms with E-state index in [1.807, 2.05) is 0 Å². The number of esters is 1. The highest BCUT2D eigenvalue weighted by Crippen LogP contribution is 2.25. The summed E-state index contributed by atoms with van der Waals surface area (Å²) in [7, 11) is 1.24. The van der Waals surface area contributed by atoms with Gasteiger partial charge in [-0.25, -0.2) is 14.6 Å². The first-order valence-corrected chi connectivity index (χ1v) is 6.36. The Morgan fingerprint density at radius 2 is 2.09 bits per heavy atom. The molecule has 0 aromatic carbocycles. The lowest BCUT2D eigenvalue weighted by Crippen LogP contribution is -2.06. The van der Waals surface area contributed by atoms with Crippen LogP contribution in [0.25, 0.3) is 16.9 Å². The topological polar surface area (TPSA) is 93.8 Å². The third-order valence-electron chi connectivity index (χ3n) is 3.19.